The Kier molecular flexibility index (Phi) is 5.51. The van der Waals surface area contributed by atoms with E-state index in [9.17, 15) is 0 Å². The Morgan fingerprint density at radius 2 is 1.30 bits per heavy atom. The van der Waals surface area contributed by atoms with E-state index in [0.29, 0.717) is 0 Å². The fraction of sp³-hybridized carbons (Fsp3) is 0.0238. The summed E-state index contributed by atoms with van der Waals surface area (Å²) in [6.07, 6.45) is -0.339. The van der Waals surface area contributed by atoms with E-state index in [4.69, 9.17) is 4.99 Å². The molecule has 7 aromatic carbocycles. The van der Waals surface area contributed by atoms with Crippen LogP contribution in [-0.2, 0) is 0 Å². The fourth-order valence-corrected chi connectivity index (χ4v) is 8.52. The fourth-order valence-electron chi connectivity index (χ4n) is 7.26. The molecule has 1 aliphatic rings. The minimum absolute atomic E-state index is 0.339. The van der Waals surface area contributed by atoms with E-state index in [1.54, 1.807) is 0 Å². The second-order valence-corrected chi connectivity index (χ2v) is 13.1. The summed E-state index contributed by atoms with van der Waals surface area (Å²) in [5.41, 5.74) is 7.00. The number of hydrogen-bond acceptors (Lipinski definition) is 3. The summed E-state index contributed by atoms with van der Waals surface area (Å²) in [6, 6.07) is 54.7. The van der Waals surface area contributed by atoms with Gasteiger partial charge in [0.05, 0.1) is 22.1 Å². The SMILES string of the molecule is c1ccc(-c2ccc3c4c5sc6ccccc6c5ccc4n(C4N=c5ccccc5=C(c5ccc6ccccc6c5)N4)c3c2)cc1. The van der Waals surface area contributed by atoms with Crippen LogP contribution in [0.4, 0.5) is 0 Å². The molecule has 0 aliphatic carbocycles. The Hall–Kier alpha value is -5.71. The maximum absolute atomic E-state index is 5.39. The predicted molar refractivity (Wildman–Crippen MR) is 194 cm³/mol. The van der Waals surface area contributed by atoms with Crippen molar-refractivity contribution in [2.45, 2.75) is 6.29 Å². The molecule has 0 bridgehead atoms. The Balaban J connectivity index is 1.27. The van der Waals surface area contributed by atoms with Gasteiger partial charge in [-0.25, -0.2) is 4.99 Å². The summed E-state index contributed by atoms with van der Waals surface area (Å²) in [7, 11) is 0. The largest absolute Gasteiger partial charge is 0.345 e. The number of benzene rings is 7. The van der Waals surface area contributed by atoms with Crippen molar-refractivity contribution in [1.82, 2.24) is 9.88 Å². The number of rotatable bonds is 3. The van der Waals surface area contributed by atoms with Gasteiger partial charge in [-0.2, -0.15) is 0 Å². The lowest BCUT2D eigenvalue weighted by Gasteiger charge is -2.25. The molecule has 1 aliphatic heterocycles. The molecule has 0 fully saturated rings. The molecule has 46 heavy (non-hydrogen) atoms. The topological polar surface area (TPSA) is 29.3 Å². The van der Waals surface area contributed by atoms with Gasteiger partial charge < -0.3 is 9.88 Å². The Morgan fingerprint density at radius 1 is 0.543 bits per heavy atom. The highest BCUT2D eigenvalue weighted by atomic mass is 32.1. The highest BCUT2D eigenvalue weighted by Gasteiger charge is 2.24. The molecule has 0 saturated carbocycles. The molecule has 3 nitrogen and oxygen atoms in total. The average Bonchev–Trinajstić information content (AvgIpc) is 3.67. The van der Waals surface area contributed by atoms with E-state index in [1.165, 1.54) is 63.9 Å². The summed E-state index contributed by atoms with van der Waals surface area (Å²) in [4.78, 5) is 5.39. The second-order valence-electron chi connectivity index (χ2n) is 12.0. The lowest BCUT2D eigenvalue weighted by atomic mass is 10.0. The van der Waals surface area contributed by atoms with Crippen molar-refractivity contribution in [3.05, 3.63) is 168 Å². The van der Waals surface area contributed by atoms with Crippen LogP contribution in [-0.4, -0.2) is 4.57 Å². The zero-order valence-corrected chi connectivity index (χ0v) is 25.6. The van der Waals surface area contributed by atoms with Crippen LogP contribution in [0.3, 0.4) is 0 Å². The van der Waals surface area contributed by atoms with Crippen molar-refractivity contribution in [1.29, 1.82) is 0 Å². The number of hydrogen-bond donors (Lipinski definition) is 1. The van der Waals surface area contributed by atoms with Crippen LogP contribution in [0, 0.1) is 0 Å². The first-order chi connectivity index (χ1) is 22.8. The van der Waals surface area contributed by atoms with Gasteiger partial charge in [0, 0.05) is 36.2 Å². The minimum Gasteiger partial charge on any atom is -0.345 e. The van der Waals surface area contributed by atoms with E-state index >= 15 is 0 Å². The summed E-state index contributed by atoms with van der Waals surface area (Å²) >= 11 is 1.88. The first-order valence-corrected chi connectivity index (χ1v) is 16.5. The molecule has 0 radical (unpaired) electrons. The molecular weight excluding hydrogens is 579 g/mol. The third kappa shape index (κ3) is 3.81. The maximum atomic E-state index is 5.39. The van der Waals surface area contributed by atoms with Crippen molar-refractivity contribution in [3.8, 4) is 11.1 Å². The van der Waals surface area contributed by atoms with E-state index in [2.05, 4.69) is 162 Å². The van der Waals surface area contributed by atoms with Crippen molar-refractivity contribution < 1.29 is 0 Å². The van der Waals surface area contributed by atoms with Gasteiger partial charge in [0.15, 0.2) is 0 Å². The molecular formula is C42H27N3S. The highest BCUT2D eigenvalue weighted by Crippen LogP contribution is 2.44. The molecule has 4 heteroatoms. The number of para-hydroxylation sites is 1. The average molecular weight is 606 g/mol. The lowest BCUT2D eigenvalue weighted by molar-refractivity contribution is 0.490. The number of nitrogens with zero attached hydrogens (tertiary/aromatic N) is 2. The van der Waals surface area contributed by atoms with Crippen LogP contribution in [0.25, 0.3) is 69.6 Å². The van der Waals surface area contributed by atoms with Gasteiger partial charge in [-0.1, -0.05) is 121 Å². The summed E-state index contributed by atoms with van der Waals surface area (Å²) in [6.45, 7) is 0. The molecule has 0 saturated heterocycles. The number of thiophene rings is 1. The number of aromatic nitrogens is 1. The molecule has 0 amide bonds. The standard InChI is InChI=1S/C42H27N3S/c1-2-10-26(11-3-1)29-20-21-34-37(25-29)45(36-23-22-32-31-14-7-9-17-38(31)46-41(32)39(34)36)42-43-35-16-8-6-15-33(35)40(44-42)30-19-18-27-12-4-5-13-28(27)24-30/h1-25,42,44H. The molecule has 0 spiro atoms. The summed E-state index contributed by atoms with van der Waals surface area (Å²) < 4.78 is 5.05. The molecule has 1 unspecified atom stereocenters. The first kappa shape index (κ1) is 25.6. The lowest BCUT2D eigenvalue weighted by Crippen LogP contribution is -2.41. The number of fused-ring (bicyclic) bond motifs is 9. The first-order valence-electron chi connectivity index (χ1n) is 15.7. The van der Waals surface area contributed by atoms with Gasteiger partial charge in [0.2, 0.25) is 6.29 Å². The predicted octanol–water partition coefficient (Wildman–Crippen LogP) is 9.52. The molecule has 1 atom stereocenters. The quantitative estimate of drug-likeness (QED) is 0.214. The molecule has 9 aromatic rings. The zero-order chi connectivity index (χ0) is 30.2. The van der Waals surface area contributed by atoms with E-state index in [0.717, 1.165) is 21.8 Å². The number of nitrogens with one attached hydrogen (secondary N) is 1. The van der Waals surface area contributed by atoms with Crippen LogP contribution in [0.2, 0.25) is 0 Å². The molecule has 10 rings (SSSR count). The van der Waals surface area contributed by atoms with Crippen molar-refractivity contribution in [2.24, 2.45) is 4.99 Å². The molecule has 216 valence electrons. The Morgan fingerprint density at radius 3 is 2.24 bits per heavy atom. The van der Waals surface area contributed by atoms with Gasteiger partial charge in [-0.05, 0) is 57.8 Å². The summed E-state index contributed by atoms with van der Waals surface area (Å²) in [5, 5.41) is 13.7. The van der Waals surface area contributed by atoms with Crippen LogP contribution in [0.5, 0.6) is 0 Å². The van der Waals surface area contributed by atoms with Gasteiger partial charge in [-0.3, -0.25) is 0 Å². The third-order valence-electron chi connectivity index (χ3n) is 9.41. The molecule has 2 aromatic heterocycles. The van der Waals surface area contributed by atoms with Gasteiger partial charge in [0.1, 0.15) is 0 Å². The van der Waals surface area contributed by atoms with Crippen LogP contribution in [0.1, 0.15) is 11.9 Å². The van der Waals surface area contributed by atoms with Crippen molar-refractivity contribution in [3.63, 3.8) is 0 Å². The van der Waals surface area contributed by atoms with E-state index in [1.807, 2.05) is 11.3 Å². The Labute approximate surface area is 269 Å². The maximum Gasteiger partial charge on any atom is 0.201 e. The van der Waals surface area contributed by atoms with Crippen LogP contribution >= 0.6 is 11.3 Å². The normalized spacial score (nSPS) is 14.6. The van der Waals surface area contributed by atoms with Crippen LogP contribution in [0.15, 0.2) is 157 Å². The minimum atomic E-state index is -0.339. The monoisotopic (exact) mass is 605 g/mol. The van der Waals surface area contributed by atoms with Gasteiger partial charge in [-0.15, -0.1) is 11.3 Å². The third-order valence-corrected chi connectivity index (χ3v) is 10.6. The molecule has 1 N–H and O–H groups in total. The van der Waals surface area contributed by atoms with Crippen molar-refractivity contribution >= 4 is 69.8 Å². The smallest absolute Gasteiger partial charge is 0.201 e. The zero-order valence-electron chi connectivity index (χ0n) is 24.8. The van der Waals surface area contributed by atoms with Crippen LogP contribution < -0.4 is 15.9 Å². The highest BCUT2D eigenvalue weighted by molar-refractivity contribution is 7.26. The van der Waals surface area contributed by atoms with Gasteiger partial charge >= 0.3 is 0 Å². The summed E-state index contributed by atoms with van der Waals surface area (Å²) in [5.74, 6) is 0. The van der Waals surface area contributed by atoms with E-state index < -0.39 is 0 Å². The Bertz CT molecular complexity index is 2790. The van der Waals surface area contributed by atoms with E-state index in [-0.39, 0.29) is 6.29 Å². The molecule has 3 heterocycles. The second kappa shape index (κ2) is 9.90. The van der Waals surface area contributed by atoms with Crippen molar-refractivity contribution in [2.75, 3.05) is 0 Å². The van der Waals surface area contributed by atoms with Gasteiger partial charge in [0.25, 0.3) is 0 Å².